The molecule has 0 heterocycles. The van der Waals surface area contributed by atoms with Crippen molar-refractivity contribution in [3.05, 3.63) is 46.5 Å². The molecule has 1 aromatic carbocycles. The van der Waals surface area contributed by atoms with E-state index in [1.54, 1.807) is 12.1 Å². The number of benzene rings is 1. The van der Waals surface area contributed by atoms with Crippen molar-refractivity contribution in [2.45, 2.75) is 13.0 Å². The lowest BCUT2D eigenvalue weighted by molar-refractivity contribution is -0.112. The first kappa shape index (κ1) is 11.1. The second kappa shape index (κ2) is 5.08. The number of rotatable bonds is 3. The number of ketones is 1. The Morgan fingerprint density at radius 1 is 1.43 bits per heavy atom. The van der Waals surface area contributed by atoms with Crippen LogP contribution in [0.3, 0.4) is 0 Å². The van der Waals surface area contributed by atoms with Crippen LogP contribution in [0, 0.1) is 0 Å². The Hall–Kier alpha value is -0.930. The zero-order valence-corrected chi connectivity index (χ0v) is 9.36. The van der Waals surface area contributed by atoms with Crippen LogP contribution < -0.4 is 0 Å². The maximum atomic E-state index is 10.6. The van der Waals surface area contributed by atoms with Crippen molar-refractivity contribution in [3.8, 4) is 0 Å². The molecule has 0 amide bonds. The number of allylic oxidation sites excluding steroid dienone is 1. The van der Waals surface area contributed by atoms with E-state index in [0.717, 1.165) is 10.0 Å². The highest BCUT2D eigenvalue weighted by Gasteiger charge is 2.02. The average Bonchev–Trinajstić information content (AvgIpc) is 2.15. The Morgan fingerprint density at radius 2 is 2.00 bits per heavy atom. The summed E-state index contributed by atoms with van der Waals surface area (Å²) in [4.78, 5) is 10.6. The second-order valence-corrected chi connectivity index (χ2v) is 3.88. The minimum atomic E-state index is -0.716. The quantitative estimate of drug-likeness (QED) is 0.843. The average molecular weight is 255 g/mol. The van der Waals surface area contributed by atoms with Gasteiger partial charge in [-0.05, 0) is 36.8 Å². The Bertz CT molecular complexity index is 341. The first-order valence-electron chi connectivity index (χ1n) is 4.22. The Kier molecular flexibility index (Phi) is 4.04. The number of aliphatic hydroxyl groups excluding tert-OH is 1. The fraction of sp³-hybridized carbons (Fsp3) is 0.182. The summed E-state index contributed by atoms with van der Waals surface area (Å²) in [6.07, 6.45) is 2.13. The maximum absolute atomic E-state index is 10.6. The summed E-state index contributed by atoms with van der Waals surface area (Å²) in [6, 6.07) is 7.30. The zero-order valence-electron chi connectivity index (χ0n) is 7.77. The molecule has 3 heteroatoms. The van der Waals surface area contributed by atoms with Gasteiger partial charge in [0.15, 0.2) is 5.78 Å². The van der Waals surface area contributed by atoms with Crippen LogP contribution in [0.4, 0.5) is 0 Å². The summed E-state index contributed by atoms with van der Waals surface area (Å²) in [5.41, 5.74) is 0.769. The van der Waals surface area contributed by atoms with E-state index in [4.69, 9.17) is 0 Å². The van der Waals surface area contributed by atoms with Gasteiger partial charge in [-0.15, -0.1) is 0 Å². The van der Waals surface area contributed by atoms with Gasteiger partial charge in [-0.2, -0.15) is 0 Å². The minimum absolute atomic E-state index is 0.0684. The molecule has 0 aromatic heterocycles. The van der Waals surface area contributed by atoms with E-state index in [0.29, 0.717) is 0 Å². The van der Waals surface area contributed by atoms with Crippen LogP contribution in [0.5, 0.6) is 0 Å². The van der Waals surface area contributed by atoms with Crippen LogP contribution >= 0.6 is 15.9 Å². The molecular formula is C11H11BrO2. The van der Waals surface area contributed by atoms with Crippen molar-refractivity contribution in [2.24, 2.45) is 0 Å². The number of carbonyl (C=O) groups is 1. The normalized spacial score (nSPS) is 13.1. The molecule has 0 bridgehead atoms. The molecule has 74 valence electrons. The Morgan fingerprint density at radius 3 is 2.50 bits per heavy atom. The molecule has 0 fully saturated rings. The highest BCUT2D eigenvalue weighted by atomic mass is 79.9. The van der Waals surface area contributed by atoms with Gasteiger partial charge < -0.3 is 5.11 Å². The van der Waals surface area contributed by atoms with Gasteiger partial charge in [0, 0.05) is 4.47 Å². The smallest absolute Gasteiger partial charge is 0.152 e. The lowest BCUT2D eigenvalue weighted by atomic mass is 10.1. The standard InChI is InChI=1S/C11H11BrO2/c1-8(13)2-7-11(14)9-3-5-10(12)6-4-9/h2-7,11,14H,1H3/b7-2+/t11-/m1/s1. The SMILES string of the molecule is CC(=O)/C=C/[C@@H](O)c1ccc(Br)cc1. The summed E-state index contributed by atoms with van der Waals surface area (Å²) in [5.74, 6) is -0.0684. The minimum Gasteiger partial charge on any atom is -0.384 e. The van der Waals surface area contributed by atoms with E-state index >= 15 is 0 Å². The lowest BCUT2D eigenvalue weighted by Gasteiger charge is -2.04. The summed E-state index contributed by atoms with van der Waals surface area (Å²) >= 11 is 3.30. The molecular weight excluding hydrogens is 244 g/mol. The maximum Gasteiger partial charge on any atom is 0.152 e. The number of halogens is 1. The number of aliphatic hydroxyl groups is 1. The van der Waals surface area contributed by atoms with Crippen LogP contribution in [-0.4, -0.2) is 10.9 Å². The predicted molar refractivity (Wildman–Crippen MR) is 58.9 cm³/mol. The van der Waals surface area contributed by atoms with Crippen LogP contribution in [0.1, 0.15) is 18.6 Å². The van der Waals surface area contributed by atoms with Crippen LogP contribution in [0.15, 0.2) is 40.9 Å². The second-order valence-electron chi connectivity index (χ2n) is 2.97. The monoisotopic (exact) mass is 254 g/mol. The van der Waals surface area contributed by atoms with Crippen molar-refractivity contribution in [2.75, 3.05) is 0 Å². The molecule has 0 aliphatic carbocycles. The Labute approximate surface area is 91.4 Å². The van der Waals surface area contributed by atoms with E-state index in [-0.39, 0.29) is 5.78 Å². The number of carbonyl (C=O) groups excluding carboxylic acids is 1. The molecule has 1 N–H and O–H groups in total. The molecule has 1 aromatic rings. The third kappa shape index (κ3) is 3.44. The molecule has 0 unspecified atom stereocenters. The lowest BCUT2D eigenvalue weighted by Crippen LogP contribution is -1.93. The first-order chi connectivity index (χ1) is 6.59. The van der Waals surface area contributed by atoms with E-state index in [9.17, 15) is 9.90 Å². The van der Waals surface area contributed by atoms with Gasteiger partial charge in [-0.3, -0.25) is 4.79 Å². The van der Waals surface area contributed by atoms with Gasteiger partial charge in [0.05, 0.1) is 6.10 Å². The first-order valence-corrected chi connectivity index (χ1v) is 5.01. The summed E-state index contributed by atoms with van der Waals surface area (Å²) in [5, 5.41) is 9.61. The van der Waals surface area contributed by atoms with E-state index in [2.05, 4.69) is 15.9 Å². The van der Waals surface area contributed by atoms with Crippen molar-refractivity contribution in [1.82, 2.24) is 0 Å². The van der Waals surface area contributed by atoms with Gasteiger partial charge >= 0.3 is 0 Å². The van der Waals surface area contributed by atoms with Crippen LogP contribution in [0.2, 0.25) is 0 Å². The van der Waals surface area contributed by atoms with E-state index in [1.165, 1.54) is 19.1 Å². The van der Waals surface area contributed by atoms with Crippen LogP contribution in [-0.2, 0) is 4.79 Å². The predicted octanol–water partition coefficient (Wildman–Crippen LogP) is 2.63. The summed E-state index contributed by atoms with van der Waals surface area (Å²) in [6.45, 7) is 1.45. The highest BCUT2D eigenvalue weighted by molar-refractivity contribution is 9.10. The molecule has 0 saturated heterocycles. The molecule has 0 aliphatic heterocycles. The molecule has 1 atom stereocenters. The Balaban J connectivity index is 2.74. The van der Waals surface area contributed by atoms with Crippen molar-refractivity contribution in [1.29, 1.82) is 0 Å². The van der Waals surface area contributed by atoms with E-state index < -0.39 is 6.10 Å². The van der Waals surface area contributed by atoms with Gasteiger partial charge in [0.25, 0.3) is 0 Å². The van der Waals surface area contributed by atoms with Crippen molar-refractivity contribution >= 4 is 21.7 Å². The summed E-state index contributed by atoms with van der Waals surface area (Å²) in [7, 11) is 0. The van der Waals surface area contributed by atoms with Crippen molar-refractivity contribution in [3.63, 3.8) is 0 Å². The third-order valence-corrected chi connectivity index (χ3v) is 2.25. The number of hydrogen-bond acceptors (Lipinski definition) is 2. The summed E-state index contributed by atoms with van der Waals surface area (Å²) < 4.78 is 0.962. The zero-order chi connectivity index (χ0) is 10.6. The van der Waals surface area contributed by atoms with Crippen molar-refractivity contribution < 1.29 is 9.90 Å². The van der Waals surface area contributed by atoms with Gasteiger partial charge in [-0.1, -0.05) is 28.1 Å². The third-order valence-electron chi connectivity index (χ3n) is 1.72. The molecule has 0 spiro atoms. The topological polar surface area (TPSA) is 37.3 Å². The highest BCUT2D eigenvalue weighted by Crippen LogP contribution is 2.17. The number of hydrogen-bond donors (Lipinski definition) is 1. The molecule has 0 aliphatic rings. The fourth-order valence-electron chi connectivity index (χ4n) is 0.998. The van der Waals surface area contributed by atoms with E-state index in [1.807, 2.05) is 12.1 Å². The molecule has 14 heavy (non-hydrogen) atoms. The molecule has 1 rings (SSSR count). The van der Waals surface area contributed by atoms with Gasteiger partial charge in [0.1, 0.15) is 0 Å². The molecule has 0 radical (unpaired) electrons. The van der Waals surface area contributed by atoms with Crippen LogP contribution in [0.25, 0.3) is 0 Å². The largest absolute Gasteiger partial charge is 0.384 e. The fourth-order valence-corrected chi connectivity index (χ4v) is 1.26. The molecule has 2 nitrogen and oxygen atoms in total. The molecule has 0 saturated carbocycles. The van der Waals surface area contributed by atoms with Gasteiger partial charge in [-0.25, -0.2) is 0 Å². The van der Waals surface area contributed by atoms with Gasteiger partial charge in [0.2, 0.25) is 0 Å².